The number of ether oxygens (including phenoxy) is 2. The summed E-state index contributed by atoms with van der Waals surface area (Å²) in [5.74, 6) is 0.383. The molecule has 126 valence electrons. The Morgan fingerprint density at radius 1 is 1.43 bits per heavy atom. The maximum absolute atomic E-state index is 12.4. The van der Waals surface area contributed by atoms with E-state index in [1.165, 1.54) is 18.2 Å². The number of urea groups is 1. The summed E-state index contributed by atoms with van der Waals surface area (Å²) in [5, 5.41) is 2.77. The summed E-state index contributed by atoms with van der Waals surface area (Å²) in [4.78, 5) is 14.2. The summed E-state index contributed by atoms with van der Waals surface area (Å²) in [6.45, 7) is -1.34. The fraction of sp³-hybridized carbons (Fsp3) is 0.533. The highest BCUT2D eigenvalue weighted by Gasteiger charge is 2.39. The van der Waals surface area contributed by atoms with Crippen molar-refractivity contribution < 1.29 is 23.0 Å². The zero-order chi connectivity index (χ0) is 16.4. The highest BCUT2D eigenvalue weighted by Crippen LogP contribution is 2.37. The number of benzene rings is 1. The van der Waals surface area contributed by atoms with Gasteiger partial charge in [0, 0.05) is 12.2 Å². The average molecular weight is 347 g/mol. The van der Waals surface area contributed by atoms with Gasteiger partial charge in [-0.25, -0.2) is 4.79 Å². The van der Waals surface area contributed by atoms with Gasteiger partial charge in [0.1, 0.15) is 5.75 Å². The van der Waals surface area contributed by atoms with Gasteiger partial charge in [0.25, 0.3) is 0 Å². The molecule has 0 bridgehead atoms. The lowest BCUT2D eigenvalue weighted by molar-refractivity contribution is -0.0497. The molecule has 1 aromatic carbocycles. The molecule has 23 heavy (non-hydrogen) atoms. The van der Waals surface area contributed by atoms with Crippen LogP contribution < -0.4 is 10.1 Å². The Balaban J connectivity index is 1.66. The molecule has 1 unspecified atom stereocenters. The number of amides is 2. The standard InChI is InChI=1S/C15H17ClF2N2O3/c16-11-7-10(3-4-13(11)23-14(17)18)19-15(21)20-5-6-22-8-12(20)9-1-2-9/h3-4,7,9,12,14H,1-2,5-6,8H2,(H,19,21). The third-order valence-corrected chi connectivity index (χ3v) is 4.29. The van der Waals surface area contributed by atoms with Gasteiger partial charge in [0.05, 0.1) is 24.3 Å². The summed E-state index contributed by atoms with van der Waals surface area (Å²) in [6.07, 6.45) is 2.23. The first-order chi connectivity index (χ1) is 11.0. The third kappa shape index (κ3) is 4.03. The van der Waals surface area contributed by atoms with Crippen molar-refractivity contribution in [1.82, 2.24) is 4.90 Å². The number of halogens is 3. The molecule has 8 heteroatoms. The van der Waals surface area contributed by atoms with E-state index in [0.29, 0.717) is 31.4 Å². The van der Waals surface area contributed by atoms with Crippen molar-refractivity contribution in [3.63, 3.8) is 0 Å². The number of hydrogen-bond donors (Lipinski definition) is 1. The van der Waals surface area contributed by atoms with Crippen LogP contribution in [0.5, 0.6) is 5.75 Å². The predicted octanol–water partition coefficient (Wildman–Crippen LogP) is 3.58. The van der Waals surface area contributed by atoms with Gasteiger partial charge in [-0.05, 0) is 37.0 Å². The lowest BCUT2D eigenvalue weighted by atomic mass is 10.1. The van der Waals surface area contributed by atoms with E-state index in [1.54, 1.807) is 4.90 Å². The maximum Gasteiger partial charge on any atom is 0.387 e. The molecule has 1 heterocycles. The first-order valence-electron chi connectivity index (χ1n) is 7.44. The van der Waals surface area contributed by atoms with Gasteiger partial charge in [-0.1, -0.05) is 11.6 Å². The Morgan fingerprint density at radius 2 is 2.22 bits per heavy atom. The van der Waals surface area contributed by atoms with Crippen LogP contribution in [0.4, 0.5) is 19.3 Å². The molecule has 1 atom stereocenters. The van der Waals surface area contributed by atoms with E-state index >= 15 is 0 Å². The summed E-state index contributed by atoms with van der Waals surface area (Å²) in [7, 11) is 0. The summed E-state index contributed by atoms with van der Waals surface area (Å²) < 4.78 is 34.1. The van der Waals surface area contributed by atoms with Crippen molar-refractivity contribution in [3.8, 4) is 5.75 Å². The maximum atomic E-state index is 12.4. The molecule has 1 aliphatic heterocycles. The van der Waals surface area contributed by atoms with Crippen LogP contribution in [0.3, 0.4) is 0 Å². The highest BCUT2D eigenvalue weighted by molar-refractivity contribution is 6.32. The predicted molar refractivity (Wildman–Crippen MR) is 81.1 cm³/mol. The van der Waals surface area contributed by atoms with Crippen LogP contribution in [-0.2, 0) is 4.74 Å². The highest BCUT2D eigenvalue weighted by atomic mass is 35.5. The van der Waals surface area contributed by atoms with Crippen molar-refractivity contribution in [3.05, 3.63) is 23.2 Å². The summed E-state index contributed by atoms with van der Waals surface area (Å²) in [5.41, 5.74) is 0.433. The van der Waals surface area contributed by atoms with Gasteiger partial charge in [0.15, 0.2) is 0 Å². The molecule has 2 amide bonds. The average Bonchev–Trinajstić information content (AvgIpc) is 3.34. The smallest absolute Gasteiger partial charge is 0.387 e. The zero-order valence-electron chi connectivity index (χ0n) is 12.3. The van der Waals surface area contributed by atoms with Crippen molar-refractivity contribution in [2.24, 2.45) is 5.92 Å². The van der Waals surface area contributed by atoms with Crippen molar-refractivity contribution in [2.45, 2.75) is 25.5 Å². The van der Waals surface area contributed by atoms with E-state index in [0.717, 1.165) is 12.8 Å². The van der Waals surface area contributed by atoms with Crippen molar-refractivity contribution >= 4 is 23.3 Å². The van der Waals surface area contributed by atoms with Crippen LogP contribution in [0.1, 0.15) is 12.8 Å². The van der Waals surface area contributed by atoms with Gasteiger partial charge in [0.2, 0.25) is 0 Å². The molecule has 1 aromatic rings. The minimum absolute atomic E-state index is 0.0174. The molecule has 1 saturated heterocycles. The Kier molecular flexibility index (Phi) is 4.87. The number of carbonyl (C=O) groups excluding carboxylic acids is 1. The lowest BCUT2D eigenvalue weighted by Gasteiger charge is -2.35. The van der Waals surface area contributed by atoms with Crippen LogP contribution in [0, 0.1) is 5.92 Å². The van der Waals surface area contributed by atoms with Crippen molar-refractivity contribution in [2.75, 3.05) is 25.1 Å². The topological polar surface area (TPSA) is 50.8 Å². The Hall–Kier alpha value is -1.60. The molecule has 1 aliphatic carbocycles. The summed E-state index contributed by atoms with van der Waals surface area (Å²) in [6, 6.07) is 4.05. The molecule has 0 radical (unpaired) electrons. The van der Waals surface area contributed by atoms with Gasteiger partial charge >= 0.3 is 12.6 Å². The molecule has 0 spiro atoms. The van der Waals surface area contributed by atoms with E-state index < -0.39 is 6.61 Å². The number of alkyl halides is 2. The van der Waals surface area contributed by atoms with E-state index in [2.05, 4.69) is 10.1 Å². The lowest BCUT2D eigenvalue weighted by Crippen LogP contribution is -2.51. The van der Waals surface area contributed by atoms with E-state index in [9.17, 15) is 13.6 Å². The minimum Gasteiger partial charge on any atom is -0.433 e. The fourth-order valence-corrected chi connectivity index (χ4v) is 2.94. The monoisotopic (exact) mass is 346 g/mol. The summed E-state index contributed by atoms with van der Waals surface area (Å²) >= 11 is 5.89. The molecule has 1 saturated carbocycles. The third-order valence-electron chi connectivity index (χ3n) is 3.99. The number of carbonyl (C=O) groups is 1. The fourth-order valence-electron chi connectivity index (χ4n) is 2.71. The molecule has 0 aromatic heterocycles. The van der Waals surface area contributed by atoms with E-state index in [1.807, 2.05) is 0 Å². The van der Waals surface area contributed by atoms with Gasteiger partial charge in [-0.3, -0.25) is 0 Å². The number of rotatable bonds is 4. The number of hydrogen-bond acceptors (Lipinski definition) is 3. The number of anilines is 1. The quantitative estimate of drug-likeness (QED) is 0.906. The molecule has 2 aliphatic rings. The second-order valence-corrected chi connectivity index (χ2v) is 6.03. The van der Waals surface area contributed by atoms with E-state index in [-0.39, 0.29) is 22.8 Å². The molecule has 3 rings (SSSR count). The Bertz CT molecular complexity index is 584. The van der Waals surface area contributed by atoms with Crippen LogP contribution in [0.15, 0.2) is 18.2 Å². The molecular formula is C15H17ClF2N2O3. The Labute approximate surface area is 137 Å². The minimum atomic E-state index is -2.94. The van der Waals surface area contributed by atoms with Crippen LogP contribution in [0.2, 0.25) is 5.02 Å². The second kappa shape index (κ2) is 6.88. The first kappa shape index (κ1) is 16.3. The second-order valence-electron chi connectivity index (χ2n) is 5.63. The largest absolute Gasteiger partial charge is 0.433 e. The number of nitrogens with one attached hydrogen (secondary N) is 1. The van der Waals surface area contributed by atoms with Gasteiger partial charge in [-0.2, -0.15) is 8.78 Å². The van der Waals surface area contributed by atoms with Gasteiger partial charge < -0.3 is 19.7 Å². The van der Waals surface area contributed by atoms with Crippen LogP contribution in [0.25, 0.3) is 0 Å². The van der Waals surface area contributed by atoms with Crippen molar-refractivity contribution in [1.29, 1.82) is 0 Å². The number of morpholine rings is 1. The zero-order valence-corrected chi connectivity index (χ0v) is 13.1. The van der Waals surface area contributed by atoms with Gasteiger partial charge in [-0.15, -0.1) is 0 Å². The molecule has 1 N–H and O–H groups in total. The number of nitrogens with zero attached hydrogens (tertiary/aromatic N) is 1. The van der Waals surface area contributed by atoms with Crippen LogP contribution >= 0.6 is 11.6 Å². The normalized spacial score (nSPS) is 21.4. The first-order valence-corrected chi connectivity index (χ1v) is 7.82. The molecular weight excluding hydrogens is 330 g/mol. The SMILES string of the molecule is O=C(Nc1ccc(OC(F)F)c(Cl)c1)N1CCOCC1C1CC1. The Morgan fingerprint density at radius 3 is 2.87 bits per heavy atom. The molecule has 2 fully saturated rings. The van der Waals surface area contributed by atoms with E-state index in [4.69, 9.17) is 16.3 Å². The molecule has 5 nitrogen and oxygen atoms in total. The van der Waals surface area contributed by atoms with Crippen LogP contribution in [-0.4, -0.2) is 43.3 Å².